The van der Waals surface area contributed by atoms with Crippen LogP contribution in [0.25, 0.3) is 0 Å². The Bertz CT molecular complexity index is 222. The number of nitrogens with zero attached hydrogens (tertiary/aromatic N) is 3. The first-order valence-electron chi connectivity index (χ1n) is 3.84. The Hall–Kier alpha value is -0.900. The second kappa shape index (κ2) is 2.62. The van der Waals surface area contributed by atoms with Crippen LogP contribution in [-0.2, 0) is 0 Å². The number of hydrogen-bond acceptors (Lipinski definition) is 4. The zero-order valence-electron chi connectivity index (χ0n) is 6.53. The molecule has 1 saturated heterocycles. The molecule has 0 aromatic carbocycles. The first-order chi connectivity index (χ1) is 5.38. The Morgan fingerprint density at radius 3 is 3.18 bits per heavy atom. The van der Waals surface area contributed by atoms with Crippen LogP contribution >= 0.6 is 0 Å². The highest BCUT2D eigenvalue weighted by Gasteiger charge is 2.26. The van der Waals surface area contributed by atoms with Crippen LogP contribution in [0.15, 0.2) is 10.8 Å². The van der Waals surface area contributed by atoms with Crippen LogP contribution in [-0.4, -0.2) is 28.7 Å². The van der Waals surface area contributed by atoms with E-state index in [1.807, 2.05) is 0 Å². The second-order valence-electron chi connectivity index (χ2n) is 2.92. The van der Waals surface area contributed by atoms with E-state index in [1.165, 1.54) is 12.8 Å². The molecule has 1 aliphatic heterocycles. The lowest BCUT2D eigenvalue weighted by Gasteiger charge is -2.14. The van der Waals surface area contributed by atoms with Crippen molar-refractivity contribution in [1.82, 2.24) is 15.1 Å². The molecule has 0 spiro atoms. The summed E-state index contributed by atoms with van der Waals surface area (Å²) in [5.41, 5.74) is 0. The van der Waals surface area contributed by atoms with Crippen molar-refractivity contribution in [1.29, 1.82) is 0 Å². The third-order valence-corrected chi connectivity index (χ3v) is 2.18. The van der Waals surface area contributed by atoms with Crippen LogP contribution in [0, 0.1) is 0 Å². The maximum absolute atomic E-state index is 5.12. The average Bonchev–Trinajstić information content (AvgIpc) is 2.55. The SMILES string of the molecule is CN1CCC[C@@H]1c1nnco1. The molecule has 0 saturated carbocycles. The molecule has 2 rings (SSSR count). The Morgan fingerprint density at radius 1 is 1.73 bits per heavy atom. The van der Waals surface area contributed by atoms with E-state index < -0.39 is 0 Å². The van der Waals surface area contributed by atoms with Gasteiger partial charge in [-0.25, -0.2) is 0 Å². The monoisotopic (exact) mass is 153 g/mol. The van der Waals surface area contributed by atoms with Crippen molar-refractivity contribution in [3.05, 3.63) is 12.3 Å². The Balaban J connectivity index is 2.16. The van der Waals surface area contributed by atoms with Crippen molar-refractivity contribution in [2.75, 3.05) is 13.6 Å². The molecule has 60 valence electrons. The quantitative estimate of drug-likeness (QED) is 0.599. The first kappa shape index (κ1) is 6.79. The highest BCUT2D eigenvalue weighted by Crippen LogP contribution is 2.28. The van der Waals surface area contributed by atoms with Crippen molar-refractivity contribution in [2.45, 2.75) is 18.9 Å². The summed E-state index contributed by atoms with van der Waals surface area (Å²) >= 11 is 0. The highest BCUT2D eigenvalue weighted by molar-refractivity contribution is 4.90. The zero-order valence-corrected chi connectivity index (χ0v) is 6.53. The van der Waals surface area contributed by atoms with E-state index >= 15 is 0 Å². The molecule has 2 heterocycles. The molecule has 0 N–H and O–H groups in total. The van der Waals surface area contributed by atoms with E-state index in [-0.39, 0.29) is 0 Å². The lowest BCUT2D eigenvalue weighted by Crippen LogP contribution is -2.17. The van der Waals surface area contributed by atoms with E-state index in [0.717, 1.165) is 18.9 Å². The molecule has 0 bridgehead atoms. The van der Waals surface area contributed by atoms with Crippen LogP contribution in [0.3, 0.4) is 0 Å². The summed E-state index contributed by atoms with van der Waals surface area (Å²) in [6, 6.07) is 0.359. The lowest BCUT2D eigenvalue weighted by atomic mass is 10.2. The topological polar surface area (TPSA) is 42.2 Å². The van der Waals surface area contributed by atoms with Crippen LogP contribution in [0.5, 0.6) is 0 Å². The van der Waals surface area contributed by atoms with Crippen molar-refractivity contribution < 1.29 is 4.42 Å². The maximum Gasteiger partial charge on any atom is 0.233 e. The molecule has 4 nitrogen and oxygen atoms in total. The molecule has 1 aromatic heterocycles. The van der Waals surface area contributed by atoms with Gasteiger partial charge in [-0.2, -0.15) is 0 Å². The summed E-state index contributed by atoms with van der Waals surface area (Å²) in [5.74, 6) is 0.755. The summed E-state index contributed by atoms with van der Waals surface area (Å²) < 4.78 is 5.12. The number of likely N-dealkylation sites (tertiary alicyclic amines) is 1. The van der Waals surface area contributed by atoms with Gasteiger partial charge in [-0.3, -0.25) is 4.90 Å². The summed E-state index contributed by atoms with van der Waals surface area (Å²) in [5, 5.41) is 7.55. The van der Waals surface area contributed by atoms with Gasteiger partial charge in [0.25, 0.3) is 0 Å². The van der Waals surface area contributed by atoms with Gasteiger partial charge < -0.3 is 4.42 Å². The molecular formula is C7H11N3O. The molecule has 0 radical (unpaired) electrons. The normalized spacial score (nSPS) is 26.1. The summed E-state index contributed by atoms with van der Waals surface area (Å²) in [6.45, 7) is 1.13. The molecule has 0 amide bonds. The Kier molecular flexibility index (Phi) is 1.62. The van der Waals surface area contributed by atoms with E-state index in [4.69, 9.17) is 4.42 Å². The van der Waals surface area contributed by atoms with E-state index in [0.29, 0.717) is 6.04 Å². The molecular weight excluding hydrogens is 142 g/mol. The molecule has 1 fully saturated rings. The lowest BCUT2D eigenvalue weighted by molar-refractivity contribution is 0.267. The fourth-order valence-electron chi connectivity index (χ4n) is 1.55. The van der Waals surface area contributed by atoms with Crippen molar-refractivity contribution in [3.8, 4) is 0 Å². The molecule has 1 aromatic rings. The molecule has 1 atom stereocenters. The fourth-order valence-corrected chi connectivity index (χ4v) is 1.55. The third-order valence-electron chi connectivity index (χ3n) is 2.18. The van der Waals surface area contributed by atoms with E-state index in [9.17, 15) is 0 Å². The van der Waals surface area contributed by atoms with Crippen LogP contribution in [0.1, 0.15) is 24.8 Å². The van der Waals surface area contributed by atoms with E-state index in [1.54, 1.807) is 0 Å². The summed E-state index contributed by atoms with van der Waals surface area (Å²) in [7, 11) is 2.09. The van der Waals surface area contributed by atoms with Gasteiger partial charge in [0.05, 0.1) is 6.04 Å². The van der Waals surface area contributed by atoms with Crippen molar-refractivity contribution in [3.63, 3.8) is 0 Å². The predicted molar refractivity (Wildman–Crippen MR) is 38.9 cm³/mol. The van der Waals surface area contributed by atoms with Gasteiger partial charge in [0, 0.05) is 0 Å². The number of rotatable bonds is 1. The van der Waals surface area contributed by atoms with Gasteiger partial charge in [0.2, 0.25) is 12.3 Å². The van der Waals surface area contributed by atoms with Crippen LogP contribution in [0.4, 0.5) is 0 Å². The minimum atomic E-state index is 0.359. The highest BCUT2D eigenvalue weighted by atomic mass is 16.4. The van der Waals surface area contributed by atoms with Gasteiger partial charge in [0.1, 0.15) is 0 Å². The van der Waals surface area contributed by atoms with E-state index in [2.05, 4.69) is 22.1 Å². The minimum Gasteiger partial charge on any atom is -0.426 e. The van der Waals surface area contributed by atoms with Crippen LogP contribution in [0.2, 0.25) is 0 Å². The van der Waals surface area contributed by atoms with Crippen LogP contribution < -0.4 is 0 Å². The average molecular weight is 153 g/mol. The third kappa shape index (κ3) is 1.14. The fraction of sp³-hybridized carbons (Fsp3) is 0.714. The first-order valence-corrected chi connectivity index (χ1v) is 3.84. The minimum absolute atomic E-state index is 0.359. The van der Waals surface area contributed by atoms with Gasteiger partial charge in [-0.05, 0) is 26.4 Å². The molecule has 11 heavy (non-hydrogen) atoms. The van der Waals surface area contributed by atoms with Gasteiger partial charge in [0.15, 0.2) is 0 Å². The van der Waals surface area contributed by atoms with Gasteiger partial charge in [-0.15, -0.1) is 10.2 Å². The molecule has 4 heteroatoms. The Labute approximate surface area is 65.2 Å². The predicted octanol–water partition coefficient (Wildman–Crippen LogP) is 0.836. The number of aromatic nitrogens is 2. The van der Waals surface area contributed by atoms with Crippen molar-refractivity contribution >= 4 is 0 Å². The second-order valence-corrected chi connectivity index (χ2v) is 2.92. The van der Waals surface area contributed by atoms with Crippen molar-refractivity contribution in [2.24, 2.45) is 0 Å². The molecule has 0 aliphatic carbocycles. The zero-order chi connectivity index (χ0) is 7.68. The summed E-state index contributed by atoms with van der Waals surface area (Å²) in [6.07, 6.45) is 3.75. The maximum atomic E-state index is 5.12. The number of hydrogen-bond donors (Lipinski definition) is 0. The standard InChI is InChI=1S/C7H11N3O/c1-10-4-2-3-6(10)7-9-8-5-11-7/h5-6H,2-4H2,1H3/t6-/m1/s1. The summed E-state index contributed by atoms with van der Waals surface area (Å²) in [4.78, 5) is 2.24. The molecule has 0 unspecified atom stereocenters. The molecule has 1 aliphatic rings. The van der Waals surface area contributed by atoms with Gasteiger partial charge >= 0.3 is 0 Å². The Morgan fingerprint density at radius 2 is 2.64 bits per heavy atom. The van der Waals surface area contributed by atoms with Gasteiger partial charge in [-0.1, -0.05) is 0 Å². The smallest absolute Gasteiger partial charge is 0.233 e. The largest absolute Gasteiger partial charge is 0.426 e.